The van der Waals surface area contributed by atoms with Crippen molar-refractivity contribution >= 4 is 22.7 Å². The minimum absolute atomic E-state index is 0.539. The Kier molecular flexibility index (Phi) is 29.1. The Bertz CT molecular complexity index is 3990. The van der Waals surface area contributed by atoms with E-state index < -0.39 is 10.8 Å². The van der Waals surface area contributed by atoms with E-state index in [1.165, 1.54) is 156 Å². The lowest BCUT2D eigenvalue weighted by Crippen LogP contribution is -2.28. The first-order valence-electron chi connectivity index (χ1n) is 38.4. The van der Waals surface area contributed by atoms with Crippen molar-refractivity contribution in [2.24, 2.45) is 0 Å². The van der Waals surface area contributed by atoms with Crippen molar-refractivity contribution in [1.82, 2.24) is 0 Å². The van der Waals surface area contributed by atoms with Crippen molar-refractivity contribution in [3.63, 3.8) is 0 Å². The fraction of sp³-hybridized carbons (Fsp3) is 0.312. The summed E-state index contributed by atoms with van der Waals surface area (Å²) in [5.74, 6) is 0. The first kappa shape index (κ1) is 78.0. The van der Waals surface area contributed by atoms with Gasteiger partial charge in [-0.3, -0.25) is 0 Å². The van der Waals surface area contributed by atoms with E-state index >= 15 is 0 Å². The van der Waals surface area contributed by atoms with E-state index in [0.29, 0.717) is 0 Å². The summed E-state index contributed by atoms with van der Waals surface area (Å²) in [5.41, 5.74) is 36.6. The standard InChI is InChI=1S/C74H52N2.11C2H6/c1-3-75(71-33-17-27-51-49-21-7-5-19-45(49)39-61(51)71)47-35-37-57-59-43-70-60(44-69(59)73(67(57)41-47)63-29-13-9-23-53(63)54-24-10-14-30-64(54)73)58-38-36-48(76(4-2)72-34-18-28-52-50-22-8-6-20-46(50)40-62(52)72)42-68(58)74(70)65-31-15-11-25-55(65)56-26-12-16-32-66(56)74;11*1-2/h5-38,41-44H,3-4,39-40H2,1-2H3;11*1-2H3. The molecule has 11 aromatic carbocycles. The van der Waals surface area contributed by atoms with Gasteiger partial charge in [0.15, 0.2) is 0 Å². The SMILES string of the molecule is CC.CC.CC.CC.CC.CC.CC.CC.CC.CC.CC.CCN(c1ccc2c(c1)C1(c3ccccc3-c3ccccc31)c1cc3c(cc1-2)C1(c2ccccc2-c2ccccc21)c1cc(N(CC)c2cccc4c2Cc2ccccc2-4)ccc1-3)c1cccc2c1Cc1ccccc1-2. The van der Waals surface area contributed by atoms with Crippen LogP contribution in [0, 0.1) is 0 Å². The Hall–Kier alpha value is -8.98. The predicted molar refractivity (Wildman–Crippen MR) is 439 cm³/mol. The van der Waals surface area contributed by atoms with Gasteiger partial charge < -0.3 is 9.80 Å². The van der Waals surface area contributed by atoms with E-state index in [-0.39, 0.29) is 0 Å². The maximum absolute atomic E-state index is 2.66. The molecule has 0 amide bonds. The van der Waals surface area contributed by atoms with Crippen molar-refractivity contribution in [3.8, 4) is 66.8 Å². The van der Waals surface area contributed by atoms with Gasteiger partial charge in [-0.1, -0.05) is 334 Å². The first-order valence-corrected chi connectivity index (χ1v) is 38.4. The highest BCUT2D eigenvalue weighted by molar-refractivity contribution is 6.02. The Balaban J connectivity index is 0.000000632. The molecule has 2 spiro atoms. The van der Waals surface area contributed by atoms with Crippen molar-refractivity contribution in [2.75, 3.05) is 22.9 Å². The average molecular weight is 1300 g/mol. The molecule has 11 aromatic rings. The van der Waals surface area contributed by atoms with Crippen molar-refractivity contribution in [3.05, 3.63) is 297 Å². The molecular formula is C96H118N2. The molecule has 0 radical (unpaired) electrons. The molecule has 0 fully saturated rings. The van der Waals surface area contributed by atoms with Gasteiger partial charge in [-0.15, -0.1) is 0 Å². The molecule has 6 aliphatic carbocycles. The lowest BCUT2D eigenvalue weighted by molar-refractivity contribution is 0.782. The lowest BCUT2D eigenvalue weighted by Gasteiger charge is -2.33. The highest BCUT2D eigenvalue weighted by atomic mass is 15.1. The van der Waals surface area contributed by atoms with Gasteiger partial charge in [0.1, 0.15) is 0 Å². The topological polar surface area (TPSA) is 6.48 Å². The Morgan fingerprint density at radius 1 is 0.224 bits per heavy atom. The van der Waals surface area contributed by atoms with Crippen LogP contribution in [0.15, 0.2) is 231 Å². The van der Waals surface area contributed by atoms with Gasteiger partial charge in [-0.2, -0.15) is 0 Å². The summed E-state index contributed by atoms with van der Waals surface area (Å²) < 4.78 is 0. The summed E-state index contributed by atoms with van der Waals surface area (Å²) in [4.78, 5) is 5.15. The number of hydrogen-bond acceptors (Lipinski definition) is 2. The van der Waals surface area contributed by atoms with Crippen LogP contribution in [0.25, 0.3) is 66.8 Å². The molecular weight excluding hydrogens is 1180 g/mol. The second kappa shape index (κ2) is 36.6. The van der Waals surface area contributed by atoms with Crippen LogP contribution in [0.2, 0.25) is 0 Å². The summed E-state index contributed by atoms with van der Waals surface area (Å²) >= 11 is 0. The molecule has 512 valence electrons. The first-order chi connectivity index (χ1) is 48.6. The van der Waals surface area contributed by atoms with Gasteiger partial charge in [-0.25, -0.2) is 0 Å². The number of anilines is 4. The van der Waals surface area contributed by atoms with E-state index in [4.69, 9.17) is 0 Å². The molecule has 0 aromatic heterocycles. The van der Waals surface area contributed by atoms with Gasteiger partial charge in [-0.05, 0) is 196 Å². The molecule has 0 unspecified atom stereocenters. The summed E-state index contributed by atoms with van der Waals surface area (Å²) in [5, 5.41) is 0. The molecule has 0 saturated heterocycles. The largest absolute Gasteiger partial charge is 0.342 e. The smallest absolute Gasteiger partial charge is 0.0726 e. The number of rotatable bonds is 6. The van der Waals surface area contributed by atoms with Gasteiger partial charge in [0.25, 0.3) is 0 Å². The van der Waals surface area contributed by atoms with Crippen LogP contribution in [-0.4, -0.2) is 13.1 Å². The van der Waals surface area contributed by atoms with Gasteiger partial charge in [0.05, 0.1) is 10.8 Å². The van der Waals surface area contributed by atoms with Crippen molar-refractivity contribution < 1.29 is 0 Å². The third kappa shape index (κ3) is 12.5. The molecule has 17 rings (SSSR count). The number of fused-ring (bicyclic) bond motifs is 26. The number of benzene rings is 11. The minimum atomic E-state index is -0.539. The summed E-state index contributed by atoms with van der Waals surface area (Å²) in [7, 11) is 0. The predicted octanol–water partition coefficient (Wildman–Crippen LogP) is 29.1. The zero-order valence-electron chi connectivity index (χ0n) is 64.7. The molecule has 6 aliphatic rings. The molecule has 98 heavy (non-hydrogen) atoms. The van der Waals surface area contributed by atoms with Crippen molar-refractivity contribution in [1.29, 1.82) is 0 Å². The van der Waals surface area contributed by atoms with Gasteiger partial charge in [0, 0.05) is 48.7 Å². The highest BCUT2D eigenvalue weighted by Gasteiger charge is 2.56. The van der Waals surface area contributed by atoms with Crippen LogP contribution in [0.3, 0.4) is 0 Å². The molecule has 0 heterocycles. The molecule has 0 atom stereocenters. The maximum Gasteiger partial charge on any atom is 0.0726 e. The van der Waals surface area contributed by atoms with Gasteiger partial charge >= 0.3 is 0 Å². The van der Waals surface area contributed by atoms with Crippen LogP contribution in [0.5, 0.6) is 0 Å². The summed E-state index contributed by atoms with van der Waals surface area (Å²) in [6.45, 7) is 50.3. The Morgan fingerprint density at radius 3 is 0.765 bits per heavy atom. The fourth-order valence-electron chi connectivity index (χ4n) is 15.8. The van der Waals surface area contributed by atoms with Crippen molar-refractivity contribution in [2.45, 2.75) is 190 Å². The van der Waals surface area contributed by atoms with Crippen LogP contribution in [-0.2, 0) is 23.7 Å². The molecule has 0 bridgehead atoms. The van der Waals surface area contributed by atoms with Crippen LogP contribution < -0.4 is 9.80 Å². The zero-order chi connectivity index (χ0) is 72.0. The van der Waals surface area contributed by atoms with Crippen LogP contribution >= 0.6 is 0 Å². The summed E-state index contributed by atoms with van der Waals surface area (Å²) in [6.07, 6.45) is 1.89. The second-order valence-electron chi connectivity index (χ2n) is 21.8. The molecule has 2 nitrogen and oxygen atoms in total. The lowest BCUT2D eigenvalue weighted by atomic mass is 9.68. The van der Waals surface area contributed by atoms with Crippen LogP contribution in [0.4, 0.5) is 22.7 Å². The fourth-order valence-corrected chi connectivity index (χ4v) is 15.8. The molecule has 0 aliphatic heterocycles. The highest BCUT2D eigenvalue weighted by Crippen LogP contribution is 2.69. The molecule has 2 heteroatoms. The van der Waals surface area contributed by atoms with E-state index in [9.17, 15) is 0 Å². The molecule has 0 N–H and O–H groups in total. The van der Waals surface area contributed by atoms with E-state index in [2.05, 4.69) is 254 Å². The molecule has 0 saturated carbocycles. The number of hydrogen-bond donors (Lipinski definition) is 0. The third-order valence-electron chi connectivity index (χ3n) is 18.8. The Labute approximate surface area is 595 Å². The van der Waals surface area contributed by atoms with Gasteiger partial charge in [0.2, 0.25) is 0 Å². The third-order valence-corrected chi connectivity index (χ3v) is 18.8. The van der Waals surface area contributed by atoms with E-state index in [1.807, 2.05) is 152 Å². The minimum Gasteiger partial charge on any atom is -0.342 e. The number of nitrogens with zero attached hydrogens (tertiary/aromatic N) is 2. The second-order valence-corrected chi connectivity index (χ2v) is 21.8. The summed E-state index contributed by atoms with van der Waals surface area (Å²) in [6, 6.07) is 89.2. The quantitative estimate of drug-likeness (QED) is 0.164. The normalized spacial score (nSPS) is 12.0. The van der Waals surface area contributed by atoms with E-state index in [1.54, 1.807) is 0 Å². The monoisotopic (exact) mass is 1300 g/mol. The average Bonchev–Trinajstić information content (AvgIpc) is 1.49. The van der Waals surface area contributed by atoms with E-state index in [0.717, 1.165) is 25.9 Å². The maximum atomic E-state index is 2.66. The zero-order valence-corrected chi connectivity index (χ0v) is 64.7. The van der Waals surface area contributed by atoms with Crippen LogP contribution in [0.1, 0.15) is 233 Å². The Morgan fingerprint density at radius 2 is 0.469 bits per heavy atom.